The van der Waals surface area contributed by atoms with Gasteiger partial charge in [0.15, 0.2) is 0 Å². The van der Waals surface area contributed by atoms with Crippen molar-refractivity contribution >= 4 is 17.7 Å². The van der Waals surface area contributed by atoms with E-state index in [-0.39, 0.29) is 24.6 Å². The van der Waals surface area contributed by atoms with Crippen LogP contribution in [0.25, 0.3) is 0 Å². The Bertz CT molecular complexity index is 238. The summed E-state index contributed by atoms with van der Waals surface area (Å²) in [4.78, 5) is 11.0. The second-order valence-corrected chi connectivity index (χ2v) is 3.02. The molecule has 0 atom stereocenters. The summed E-state index contributed by atoms with van der Waals surface area (Å²) in [6.45, 7) is 0. The Morgan fingerprint density at radius 2 is 1.92 bits per heavy atom. The van der Waals surface area contributed by atoms with Crippen LogP contribution in [0.2, 0.25) is 0 Å². The third-order valence-electron chi connectivity index (χ3n) is 1.10. The van der Waals surface area contributed by atoms with E-state index in [9.17, 15) is 9.90 Å². The largest absolute Gasteiger partial charge is 1.00 e. The molecule has 0 aromatic heterocycles. The van der Waals surface area contributed by atoms with E-state index in [2.05, 4.69) is 0 Å². The predicted molar refractivity (Wildman–Crippen MR) is 42.2 cm³/mol. The van der Waals surface area contributed by atoms with Gasteiger partial charge in [0.1, 0.15) is 0 Å². The topological polar surface area (TPSA) is 40.1 Å². The van der Waals surface area contributed by atoms with Crippen molar-refractivity contribution in [3.8, 4) is 0 Å². The Morgan fingerprint density at radius 1 is 1.33 bits per heavy atom. The van der Waals surface area contributed by atoms with E-state index >= 15 is 0 Å². The molecule has 2 nitrogen and oxygen atoms in total. The Morgan fingerprint density at radius 3 is 2.42 bits per heavy atom. The van der Waals surface area contributed by atoms with Gasteiger partial charge in [-0.2, -0.15) is 0 Å². The van der Waals surface area contributed by atoms with Gasteiger partial charge in [0.05, 0.1) is 5.97 Å². The molecule has 58 valence electrons. The van der Waals surface area contributed by atoms with Crippen molar-refractivity contribution < 1.29 is 28.8 Å². The maximum Gasteiger partial charge on any atom is 1.00 e. The van der Waals surface area contributed by atoms with Crippen LogP contribution in [0.15, 0.2) is 35.2 Å². The van der Waals surface area contributed by atoms with Crippen LogP contribution in [-0.4, -0.2) is 11.7 Å². The average molecular weight is 174 g/mol. The van der Waals surface area contributed by atoms with Crippen LogP contribution in [0.3, 0.4) is 0 Å². The number of rotatable bonds is 3. The van der Waals surface area contributed by atoms with Gasteiger partial charge in [0.25, 0.3) is 0 Å². The van der Waals surface area contributed by atoms with Gasteiger partial charge >= 0.3 is 18.9 Å². The van der Waals surface area contributed by atoms with Gasteiger partial charge in [-0.3, -0.25) is 0 Å². The van der Waals surface area contributed by atoms with Crippen LogP contribution in [0.1, 0.15) is 0 Å². The van der Waals surface area contributed by atoms with Crippen molar-refractivity contribution in [3.05, 3.63) is 30.3 Å². The number of hydrogen-bond donors (Lipinski definition) is 0. The monoisotopic (exact) mass is 174 g/mol. The summed E-state index contributed by atoms with van der Waals surface area (Å²) in [6, 6.07) is 9.37. The summed E-state index contributed by atoms with van der Waals surface area (Å²) in [5.41, 5.74) is 0. The third kappa shape index (κ3) is 4.50. The van der Waals surface area contributed by atoms with Gasteiger partial charge in [-0.1, -0.05) is 18.2 Å². The fourth-order valence-corrected chi connectivity index (χ4v) is 1.29. The Labute approximate surface area is 87.5 Å². The third-order valence-corrected chi connectivity index (χ3v) is 2.09. The van der Waals surface area contributed by atoms with E-state index in [1.807, 2.05) is 30.3 Å². The number of benzene rings is 1. The van der Waals surface area contributed by atoms with E-state index in [4.69, 9.17) is 0 Å². The zero-order valence-electron chi connectivity index (χ0n) is 6.82. The van der Waals surface area contributed by atoms with Crippen LogP contribution < -0.4 is 24.0 Å². The molecule has 0 radical (unpaired) electrons. The molecule has 12 heavy (non-hydrogen) atoms. The van der Waals surface area contributed by atoms with Crippen molar-refractivity contribution in [3.63, 3.8) is 0 Å². The second kappa shape index (κ2) is 6.19. The number of carbonyl (C=O) groups excluding carboxylic acids is 1. The Hall–Kier alpha value is -0.363. The first-order valence-electron chi connectivity index (χ1n) is 3.17. The van der Waals surface area contributed by atoms with Crippen LogP contribution in [0.5, 0.6) is 0 Å². The van der Waals surface area contributed by atoms with E-state index in [1.54, 1.807) is 0 Å². The van der Waals surface area contributed by atoms with Gasteiger partial charge in [0, 0.05) is 10.6 Å². The van der Waals surface area contributed by atoms with Gasteiger partial charge in [-0.05, 0) is 12.1 Å². The maximum atomic E-state index is 10.0. The Balaban J connectivity index is 0.00000121. The first-order chi connectivity index (χ1) is 5.29. The minimum Gasteiger partial charge on any atom is -0.549 e. The molecule has 1 aromatic rings. The molecule has 0 spiro atoms. The zero-order chi connectivity index (χ0) is 8.10. The summed E-state index contributed by atoms with van der Waals surface area (Å²) in [7, 11) is 0. The summed E-state index contributed by atoms with van der Waals surface area (Å²) >= 11 is 1.27. The molecule has 0 amide bonds. The molecule has 1 rings (SSSR count). The number of carboxylic acids is 1. The number of aliphatic carboxylic acids is 1. The fourth-order valence-electron chi connectivity index (χ4n) is 0.659. The van der Waals surface area contributed by atoms with Gasteiger partial charge in [0.2, 0.25) is 0 Å². The van der Waals surface area contributed by atoms with Crippen molar-refractivity contribution in [2.75, 3.05) is 5.75 Å². The maximum absolute atomic E-state index is 10.0. The van der Waals surface area contributed by atoms with Crippen LogP contribution in [0.4, 0.5) is 0 Å². The van der Waals surface area contributed by atoms with Crippen molar-refractivity contribution in [1.29, 1.82) is 0 Å². The van der Waals surface area contributed by atoms with E-state index in [1.165, 1.54) is 11.8 Å². The normalized spacial score (nSPS) is 8.67. The quantitative estimate of drug-likeness (QED) is 0.376. The summed E-state index contributed by atoms with van der Waals surface area (Å²) < 4.78 is 0. The molecular formula is C8H7LiO2S. The molecule has 0 heterocycles. The number of carboxylic acid groups (broad SMARTS) is 1. The van der Waals surface area contributed by atoms with Crippen LogP contribution in [0, 0.1) is 0 Å². The molecule has 0 N–H and O–H groups in total. The summed E-state index contributed by atoms with van der Waals surface area (Å²) in [6.07, 6.45) is 0. The van der Waals surface area contributed by atoms with Crippen molar-refractivity contribution in [1.82, 2.24) is 0 Å². The molecule has 0 fully saturated rings. The molecule has 0 saturated carbocycles. The number of hydrogen-bond acceptors (Lipinski definition) is 3. The number of carbonyl (C=O) groups is 1. The van der Waals surface area contributed by atoms with Gasteiger partial charge in [-0.15, -0.1) is 11.8 Å². The molecule has 4 heteroatoms. The van der Waals surface area contributed by atoms with Gasteiger partial charge in [-0.25, -0.2) is 0 Å². The molecule has 0 aliphatic carbocycles. The zero-order valence-corrected chi connectivity index (χ0v) is 7.64. The number of thioether (sulfide) groups is 1. The Kier molecular flexibility index (Phi) is 6.00. The molecule has 0 aliphatic heterocycles. The van der Waals surface area contributed by atoms with E-state index in [0.29, 0.717) is 0 Å². The molecule has 1 aromatic carbocycles. The standard InChI is InChI=1S/C8H8O2S.Li/c9-8(10)6-11-7-4-2-1-3-5-7;/h1-5H,6H2,(H,9,10);/q;+1/p-1. The fraction of sp³-hybridized carbons (Fsp3) is 0.125. The van der Waals surface area contributed by atoms with Crippen LogP contribution in [-0.2, 0) is 4.79 Å². The van der Waals surface area contributed by atoms with Gasteiger partial charge < -0.3 is 9.90 Å². The van der Waals surface area contributed by atoms with Crippen molar-refractivity contribution in [2.45, 2.75) is 4.90 Å². The predicted octanol–water partition coefficient (Wildman–Crippen LogP) is -2.47. The van der Waals surface area contributed by atoms with E-state index in [0.717, 1.165) is 4.90 Å². The van der Waals surface area contributed by atoms with Crippen molar-refractivity contribution in [2.24, 2.45) is 0 Å². The first-order valence-corrected chi connectivity index (χ1v) is 4.15. The second-order valence-electron chi connectivity index (χ2n) is 1.97. The minimum atomic E-state index is -1.03. The smallest absolute Gasteiger partial charge is 0.549 e. The molecule has 0 bridgehead atoms. The van der Waals surface area contributed by atoms with E-state index < -0.39 is 5.97 Å². The summed E-state index contributed by atoms with van der Waals surface area (Å²) in [5, 5.41) is 10.0. The van der Waals surface area contributed by atoms with Crippen LogP contribution >= 0.6 is 11.8 Å². The average Bonchev–Trinajstić information content (AvgIpc) is 2.03. The molecule has 0 saturated heterocycles. The molecular weight excluding hydrogens is 167 g/mol. The SMILES string of the molecule is O=C([O-])CSc1ccccc1.[Li+]. The summed E-state index contributed by atoms with van der Waals surface area (Å²) in [5.74, 6) is -1.01. The molecule has 0 aliphatic rings. The minimum absolute atomic E-state index is 0. The first kappa shape index (κ1) is 11.6. The molecule has 0 unspecified atom stereocenters.